The van der Waals surface area contributed by atoms with E-state index < -0.39 is 36.8 Å². The monoisotopic (exact) mass is 410 g/mol. The van der Waals surface area contributed by atoms with E-state index in [-0.39, 0.29) is 0 Å². The van der Waals surface area contributed by atoms with Gasteiger partial charge in [-0.05, 0) is 0 Å². The minimum absolute atomic E-state index is 1.21. The Morgan fingerprint density at radius 2 is 0.929 bits per heavy atom. The predicted molar refractivity (Wildman–Crippen MR) is 74.2 cm³/mol. The summed E-state index contributed by atoms with van der Waals surface area (Å²) in [6.45, 7) is 8.51. The molecule has 14 heavy (non-hydrogen) atoms. The first-order valence-corrected chi connectivity index (χ1v) is 25.4. The van der Waals surface area contributed by atoms with Crippen LogP contribution in [0.3, 0.4) is 0 Å². The maximum absolute atomic E-state index is 4.26. The zero-order valence-electron chi connectivity index (χ0n) is 10.8. The molecule has 0 aliphatic heterocycles. The minimum atomic E-state index is -1.79. The molecule has 0 atom stereocenters. The standard InChI is InChI=1S/C6H8.6CH3.2Sn/c1-3-5-6-4-2;;;;;;;;/h1-2,5-6H2;6*1H3;;. The van der Waals surface area contributed by atoms with Crippen LogP contribution in [0.15, 0.2) is 20.3 Å². The molecule has 0 radical (unpaired) electrons. The molecule has 0 heterocycles. The second-order valence-electron chi connectivity index (χ2n) is 6.21. The van der Waals surface area contributed by atoms with E-state index in [1.54, 1.807) is 7.18 Å². The molecule has 0 aliphatic rings. The van der Waals surface area contributed by atoms with Gasteiger partial charge in [-0.1, -0.05) is 0 Å². The van der Waals surface area contributed by atoms with Crippen LogP contribution in [0.25, 0.3) is 0 Å². The first kappa shape index (κ1) is 15.1. The Kier molecular flexibility index (Phi) is 5.84. The van der Waals surface area contributed by atoms with Gasteiger partial charge < -0.3 is 0 Å². The van der Waals surface area contributed by atoms with Crippen molar-refractivity contribution in [1.82, 2.24) is 0 Å². The topological polar surface area (TPSA) is 0 Å². The second-order valence-corrected chi connectivity index (χ2v) is 35.9. The molecule has 0 saturated carbocycles. The van der Waals surface area contributed by atoms with Gasteiger partial charge in [-0.25, -0.2) is 0 Å². The van der Waals surface area contributed by atoms with Gasteiger partial charge in [0.2, 0.25) is 0 Å². The van der Waals surface area contributed by atoms with E-state index in [0.29, 0.717) is 0 Å². The molecule has 0 fully saturated rings. The quantitative estimate of drug-likeness (QED) is 0.583. The van der Waals surface area contributed by atoms with Crippen molar-refractivity contribution in [3.8, 4) is 0 Å². The molecule has 0 N–H and O–H groups in total. The van der Waals surface area contributed by atoms with Gasteiger partial charge in [0.25, 0.3) is 0 Å². The Labute approximate surface area is 98.6 Å². The molecule has 2 heteroatoms. The Hall–Kier alpha value is 1.08. The van der Waals surface area contributed by atoms with E-state index in [2.05, 4.69) is 42.8 Å². The zero-order valence-corrected chi connectivity index (χ0v) is 16.5. The number of rotatable bonds is 5. The number of hydrogen-bond acceptors (Lipinski definition) is 0. The molecule has 0 aliphatic carbocycles. The summed E-state index contributed by atoms with van der Waals surface area (Å²) < 4.78 is 3.13. The first-order chi connectivity index (χ1) is 6.05. The van der Waals surface area contributed by atoms with Gasteiger partial charge in [-0.3, -0.25) is 0 Å². The van der Waals surface area contributed by atoms with Gasteiger partial charge in [-0.15, -0.1) is 0 Å². The van der Waals surface area contributed by atoms with E-state index in [1.165, 1.54) is 12.8 Å². The van der Waals surface area contributed by atoms with Crippen molar-refractivity contribution < 1.29 is 0 Å². The van der Waals surface area contributed by atoms with E-state index in [0.717, 1.165) is 0 Å². The third-order valence-electron chi connectivity index (χ3n) is 2.85. The van der Waals surface area contributed by atoms with Crippen molar-refractivity contribution in [2.24, 2.45) is 0 Å². The fourth-order valence-corrected chi connectivity index (χ4v) is 6.05. The number of allylic oxidation sites excluding steroid dienone is 2. The summed E-state index contributed by atoms with van der Waals surface area (Å²) >= 11 is -3.59. The average molecular weight is 408 g/mol. The summed E-state index contributed by atoms with van der Waals surface area (Å²) in [7, 11) is 0. The molecule has 0 amide bonds. The predicted octanol–water partition coefficient (Wildman–Crippen LogP) is 4.63. The molecular formula is C12H26Sn2. The first-order valence-electron chi connectivity index (χ1n) is 5.41. The summed E-state index contributed by atoms with van der Waals surface area (Å²) in [5, 5.41) is 0. The average Bonchev–Trinajstić information content (AvgIpc) is 1.95. The molecule has 0 bridgehead atoms. The Bertz CT molecular complexity index is 200. The van der Waals surface area contributed by atoms with Crippen LogP contribution in [-0.2, 0) is 0 Å². The fourth-order valence-electron chi connectivity index (χ4n) is 1.05. The fraction of sp³-hybridized carbons (Fsp3) is 0.667. The van der Waals surface area contributed by atoms with Crippen molar-refractivity contribution in [2.75, 3.05) is 0 Å². The summed E-state index contributed by atoms with van der Waals surface area (Å²) in [5.74, 6) is 0. The third-order valence-corrected chi connectivity index (χ3v) is 16.4. The van der Waals surface area contributed by atoms with Crippen LogP contribution < -0.4 is 0 Å². The maximum atomic E-state index is 4.26. The summed E-state index contributed by atoms with van der Waals surface area (Å²) in [6.07, 6.45) is 2.43. The molecule has 0 saturated heterocycles. The van der Waals surface area contributed by atoms with Gasteiger partial charge in [0.1, 0.15) is 0 Å². The summed E-state index contributed by atoms with van der Waals surface area (Å²) in [4.78, 5) is 14.7. The van der Waals surface area contributed by atoms with Crippen LogP contribution in [0.4, 0.5) is 0 Å². The van der Waals surface area contributed by atoms with Crippen LogP contribution in [0.2, 0.25) is 29.6 Å². The zero-order chi connectivity index (χ0) is 11.6. The van der Waals surface area contributed by atoms with Gasteiger partial charge in [-0.2, -0.15) is 0 Å². The molecule has 0 spiro atoms. The SMILES string of the molecule is C=[C](CC[C](=C)[Sn]([CH3])([CH3])[CH3])[Sn]([CH3])([CH3])[CH3]. The van der Waals surface area contributed by atoms with E-state index in [4.69, 9.17) is 0 Å². The Morgan fingerprint density at radius 3 is 1.07 bits per heavy atom. The van der Waals surface area contributed by atoms with Crippen LogP contribution in [-0.4, -0.2) is 36.8 Å². The van der Waals surface area contributed by atoms with E-state index in [1.807, 2.05) is 0 Å². The van der Waals surface area contributed by atoms with Crippen LogP contribution in [0, 0.1) is 0 Å². The second kappa shape index (κ2) is 5.42. The van der Waals surface area contributed by atoms with Gasteiger partial charge in [0.05, 0.1) is 0 Å². The van der Waals surface area contributed by atoms with E-state index >= 15 is 0 Å². The Morgan fingerprint density at radius 1 is 0.714 bits per heavy atom. The van der Waals surface area contributed by atoms with Crippen LogP contribution >= 0.6 is 0 Å². The van der Waals surface area contributed by atoms with Gasteiger partial charge in [0, 0.05) is 0 Å². The third kappa shape index (κ3) is 5.84. The van der Waals surface area contributed by atoms with Crippen molar-refractivity contribution in [2.45, 2.75) is 42.5 Å². The molecule has 0 aromatic heterocycles. The summed E-state index contributed by atoms with van der Waals surface area (Å²) in [5.41, 5.74) is 0. The van der Waals surface area contributed by atoms with Crippen LogP contribution in [0.5, 0.6) is 0 Å². The van der Waals surface area contributed by atoms with Crippen molar-refractivity contribution in [3.63, 3.8) is 0 Å². The molecule has 0 aromatic carbocycles. The van der Waals surface area contributed by atoms with Crippen molar-refractivity contribution >= 4 is 36.8 Å². The molecule has 0 nitrogen and oxygen atoms in total. The van der Waals surface area contributed by atoms with Crippen LogP contribution in [0.1, 0.15) is 12.8 Å². The molecule has 0 rings (SSSR count). The Balaban J connectivity index is 4.10. The molecular weight excluding hydrogens is 382 g/mol. The molecule has 0 aromatic rings. The summed E-state index contributed by atoms with van der Waals surface area (Å²) in [6, 6.07) is 0. The normalized spacial score (nSPS) is 12.7. The molecule has 82 valence electrons. The van der Waals surface area contributed by atoms with E-state index in [9.17, 15) is 0 Å². The number of hydrogen-bond donors (Lipinski definition) is 0. The van der Waals surface area contributed by atoms with Gasteiger partial charge in [0.15, 0.2) is 0 Å². The van der Waals surface area contributed by atoms with Gasteiger partial charge >= 0.3 is 99.6 Å². The van der Waals surface area contributed by atoms with Crippen molar-refractivity contribution in [3.05, 3.63) is 20.3 Å². The molecule has 0 unspecified atom stereocenters. The van der Waals surface area contributed by atoms with Crippen molar-refractivity contribution in [1.29, 1.82) is 0 Å².